The normalized spacial score (nSPS) is 11.0. The second kappa shape index (κ2) is 10.5. The van der Waals surface area contributed by atoms with Crippen LogP contribution in [-0.2, 0) is 19.6 Å². The fourth-order valence-electron chi connectivity index (χ4n) is 3.03. The van der Waals surface area contributed by atoms with Gasteiger partial charge in [0.25, 0.3) is 10.0 Å². The van der Waals surface area contributed by atoms with Gasteiger partial charge in [0.1, 0.15) is 6.54 Å². The van der Waals surface area contributed by atoms with E-state index in [0.29, 0.717) is 11.3 Å². The average molecular weight is 487 g/mol. The Morgan fingerprint density at radius 2 is 1.61 bits per heavy atom. The van der Waals surface area contributed by atoms with Crippen LogP contribution in [0.1, 0.15) is 22.8 Å². The minimum atomic E-state index is -4.08. The van der Waals surface area contributed by atoms with E-state index < -0.39 is 28.4 Å². The molecule has 33 heavy (non-hydrogen) atoms. The van der Waals surface area contributed by atoms with Crippen LogP contribution in [0.2, 0.25) is 5.02 Å². The maximum Gasteiger partial charge on any atom is 0.338 e. The molecule has 172 valence electrons. The van der Waals surface area contributed by atoms with Crippen molar-refractivity contribution in [2.45, 2.75) is 18.7 Å². The largest absolute Gasteiger partial charge is 0.462 e. The summed E-state index contributed by atoms with van der Waals surface area (Å²) in [5, 5.41) is 2.85. The van der Waals surface area contributed by atoms with Crippen LogP contribution in [0, 0.1) is 6.92 Å². The van der Waals surface area contributed by atoms with Crippen LogP contribution in [0.5, 0.6) is 0 Å². The van der Waals surface area contributed by atoms with Crippen LogP contribution in [0.4, 0.5) is 11.4 Å². The van der Waals surface area contributed by atoms with Gasteiger partial charge in [0.05, 0.1) is 27.8 Å². The number of rotatable bonds is 8. The van der Waals surface area contributed by atoms with E-state index in [9.17, 15) is 18.0 Å². The molecule has 0 aliphatic heterocycles. The van der Waals surface area contributed by atoms with E-state index in [1.165, 1.54) is 30.3 Å². The second-order valence-electron chi connectivity index (χ2n) is 7.12. The zero-order valence-corrected chi connectivity index (χ0v) is 19.7. The Kier molecular flexibility index (Phi) is 7.73. The van der Waals surface area contributed by atoms with Crippen LogP contribution in [-0.4, -0.2) is 33.4 Å². The number of aryl methyl sites for hydroxylation is 1. The van der Waals surface area contributed by atoms with Gasteiger partial charge in [-0.05, 0) is 62.4 Å². The quantitative estimate of drug-likeness (QED) is 0.467. The van der Waals surface area contributed by atoms with Crippen molar-refractivity contribution in [1.82, 2.24) is 0 Å². The molecule has 9 heteroatoms. The van der Waals surface area contributed by atoms with Crippen molar-refractivity contribution in [3.8, 4) is 0 Å². The molecule has 1 amide bonds. The molecule has 0 heterocycles. The minimum Gasteiger partial charge on any atom is -0.462 e. The molecule has 3 rings (SSSR count). The molecular formula is C24H23ClN2O5S. The summed E-state index contributed by atoms with van der Waals surface area (Å²) in [5.74, 6) is -1.04. The first-order chi connectivity index (χ1) is 15.7. The van der Waals surface area contributed by atoms with Gasteiger partial charge in [-0.1, -0.05) is 41.4 Å². The summed E-state index contributed by atoms with van der Waals surface area (Å²) in [6, 6.07) is 18.9. The Labute approximate surface area is 198 Å². The number of hydrogen-bond donors (Lipinski definition) is 1. The smallest absolute Gasteiger partial charge is 0.338 e. The predicted molar refractivity (Wildman–Crippen MR) is 128 cm³/mol. The lowest BCUT2D eigenvalue weighted by molar-refractivity contribution is -0.114. The lowest BCUT2D eigenvalue weighted by Crippen LogP contribution is -2.38. The number of esters is 1. The van der Waals surface area contributed by atoms with E-state index in [-0.39, 0.29) is 22.2 Å². The molecule has 3 aromatic rings. The highest BCUT2D eigenvalue weighted by atomic mass is 35.5. The molecule has 1 N–H and O–H groups in total. The highest BCUT2D eigenvalue weighted by molar-refractivity contribution is 7.92. The van der Waals surface area contributed by atoms with Gasteiger partial charge < -0.3 is 10.1 Å². The fraction of sp³-hybridized carbons (Fsp3) is 0.167. The monoisotopic (exact) mass is 486 g/mol. The molecule has 0 aliphatic carbocycles. The lowest BCUT2D eigenvalue weighted by Gasteiger charge is -2.25. The number of amides is 1. The van der Waals surface area contributed by atoms with Crippen molar-refractivity contribution >= 4 is 44.9 Å². The Morgan fingerprint density at radius 1 is 0.970 bits per heavy atom. The third-order valence-corrected chi connectivity index (χ3v) is 6.79. The number of carbonyl (C=O) groups is 2. The summed E-state index contributed by atoms with van der Waals surface area (Å²) >= 11 is 6.27. The molecule has 0 fully saturated rings. The summed E-state index contributed by atoms with van der Waals surface area (Å²) in [5.41, 5.74) is 1.84. The van der Waals surface area contributed by atoms with Gasteiger partial charge in [0.2, 0.25) is 5.91 Å². The molecule has 0 radical (unpaired) electrons. The number of nitrogens with one attached hydrogen (secondary N) is 1. The number of carbonyl (C=O) groups excluding carboxylic acids is 2. The maximum absolute atomic E-state index is 13.4. The number of ether oxygens (including phenoxy) is 1. The standard InChI is InChI=1S/C24H23ClN2O5S/c1-3-32-24(29)18-10-12-19(13-11-18)26-23(28)16-27(22-7-5-4-6-21(22)25)33(30,31)20-14-8-17(2)9-15-20/h4-15H,3,16H2,1-2H3,(H,26,28). The minimum absolute atomic E-state index is 0.0413. The molecule has 0 aromatic heterocycles. The van der Waals surface area contributed by atoms with E-state index in [2.05, 4.69) is 5.32 Å². The number of hydrogen-bond acceptors (Lipinski definition) is 5. The van der Waals surface area contributed by atoms with Crippen molar-refractivity contribution in [2.75, 3.05) is 22.8 Å². The zero-order valence-electron chi connectivity index (χ0n) is 18.1. The van der Waals surface area contributed by atoms with Gasteiger partial charge >= 0.3 is 5.97 Å². The first-order valence-corrected chi connectivity index (χ1v) is 11.9. The first-order valence-electron chi connectivity index (χ1n) is 10.1. The number of para-hydroxylation sites is 1. The molecule has 0 aliphatic rings. The van der Waals surface area contributed by atoms with Crippen molar-refractivity contribution in [1.29, 1.82) is 0 Å². The number of sulfonamides is 1. The van der Waals surface area contributed by atoms with Gasteiger partial charge in [-0.2, -0.15) is 0 Å². The van der Waals surface area contributed by atoms with E-state index in [4.69, 9.17) is 16.3 Å². The molecule has 0 bridgehead atoms. The van der Waals surface area contributed by atoms with Crippen molar-refractivity contribution < 1.29 is 22.7 Å². The van der Waals surface area contributed by atoms with Crippen LogP contribution in [0.25, 0.3) is 0 Å². The molecule has 3 aromatic carbocycles. The molecule has 0 spiro atoms. The van der Waals surface area contributed by atoms with Gasteiger partial charge in [-0.15, -0.1) is 0 Å². The Balaban J connectivity index is 1.86. The SMILES string of the molecule is CCOC(=O)c1ccc(NC(=O)CN(c2ccccc2Cl)S(=O)(=O)c2ccc(C)cc2)cc1. The summed E-state index contributed by atoms with van der Waals surface area (Å²) in [4.78, 5) is 24.6. The average Bonchev–Trinajstić information content (AvgIpc) is 2.79. The number of anilines is 2. The maximum atomic E-state index is 13.4. The van der Waals surface area contributed by atoms with Crippen LogP contribution >= 0.6 is 11.6 Å². The Hall–Kier alpha value is -3.36. The van der Waals surface area contributed by atoms with Crippen LogP contribution in [0.3, 0.4) is 0 Å². The highest BCUT2D eigenvalue weighted by Crippen LogP contribution is 2.30. The summed E-state index contributed by atoms with van der Waals surface area (Å²) < 4.78 is 32.7. The molecule has 0 saturated heterocycles. The summed E-state index contributed by atoms with van der Waals surface area (Å²) in [6.07, 6.45) is 0. The highest BCUT2D eigenvalue weighted by Gasteiger charge is 2.28. The van der Waals surface area contributed by atoms with E-state index in [1.807, 2.05) is 6.92 Å². The van der Waals surface area contributed by atoms with E-state index in [1.54, 1.807) is 49.4 Å². The molecule has 0 atom stereocenters. The van der Waals surface area contributed by atoms with Crippen LogP contribution in [0.15, 0.2) is 77.7 Å². The molecular weight excluding hydrogens is 464 g/mol. The molecule has 0 saturated carbocycles. The van der Waals surface area contributed by atoms with Crippen LogP contribution < -0.4 is 9.62 Å². The second-order valence-corrected chi connectivity index (χ2v) is 9.39. The summed E-state index contributed by atoms with van der Waals surface area (Å²) in [7, 11) is -4.08. The topological polar surface area (TPSA) is 92.8 Å². The fourth-order valence-corrected chi connectivity index (χ4v) is 4.75. The van der Waals surface area contributed by atoms with Crippen molar-refractivity contribution in [2.24, 2.45) is 0 Å². The summed E-state index contributed by atoms with van der Waals surface area (Å²) in [6.45, 7) is 3.31. The Bertz CT molecular complexity index is 1240. The third-order valence-electron chi connectivity index (χ3n) is 4.70. The van der Waals surface area contributed by atoms with Gasteiger partial charge in [-0.3, -0.25) is 9.10 Å². The Morgan fingerprint density at radius 3 is 2.21 bits per heavy atom. The lowest BCUT2D eigenvalue weighted by atomic mass is 10.2. The molecule has 7 nitrogen and oxygen atoms in total. The first kappa shape index (κ1) is 24.3. The van der Waals surface area contributed by atoms with E-state index in [0.717, 1.165) is 9.87 Å². The predicted octanol–water partition coefficient (Wildman–Crippen LogP) is 4.66. The van der Waals surface area contributed by atoms with E-state index >= 15 is 0 Å². The zero-order chi connectivity index (χ0) is 24.0. The molecule has 0 unspecified atom stereocenters. The van der Waals surface area contributed by atoms with Crippen molar-refractivity contribution in [3.63, 3.8) is 0 Å². The third kappa shape index (κ3) is 5.91. The number of benzene rings is 3. The number of nitrogens with zero attached hydrogens (tertiary/aromatic N) is 1. The number of halogens is 1. The van der Waals surface area contributed by atoms with Gasteiger partial charge in [0, 0.05) is 5.69 Å². The van der Waals surface area contributed by atoms with Gasteiger partial charge in [-0.25, -0.2) is 13.2 Å². The van der Waals surface area contributed by atoms with Crippen molar-refractivity contribution in [3.05, 3.63) is 88.9 Å². The van der Waals surface area contributed by atoms with Gasteiger partial charge in [0.15, 0.2) is 0 Å².